The van der Waals surface area contributed by atoms with Crippen molar-refractivity contribution in [3.05, 3.63) is 24.3 Å². The molecular weight excluding hydrogens is 246 g/mol. The van der Waals surface area contributed by atoms with E-state index in [2.05, 4.69) is 5.32 Å². The quantitative estimate of drug-likeness (QED) is 0.819. The van der Waals surface area contributed by atoms with Gasteiger partial charge in [-0.25, -0.2) is 0 Å². The van der Waals surface area contributed by atoms with Crippen LogP contribution in [0.4, 0.5) is 0 Å². The van der Waals surface area contributed by atoms with E-state index in [0.29, 0.717) is 19.6 Å². The van der Waals surface area contributed by atoms with Crippen molar-refractivity contribution >= 4 is 5.97 Å². The minimum atomic E-state index is -0.764. The van der Waals surface area contributed by atoms with Gasteiger partial charge in [-0.1, -0.05) is 12.1 Å². The number of ether oxygens (including phenoxy) is 2. The molecule has 0 saturated heterocycles. The maximum absolute atomic E-state index is 10.5. The Morgan fingerprint density at radius 3 is 2.95 bits per heavy atom. The highest BCUT2D eigenvalue weighted by Crippen LogP contribution is 2.30. The average Bonchev–Trinajstić information content (AvgIpc) is 2.42. The van der Waals surface area contributed by atoms with E-state index in [4.69, 9.17) is 14.6 Å². The molecular formula is C14H19NO4. The maximum Gasteiger partial charge on any atom is 0.303 e. The van der Waals surface area contributed by atoms with Crippen molar-refractivity contribution < 1.29 is 19.4 Å². The molecule has 1 aromatic rings. The molecule has 0 aromatic heterocycles. The molecule has 19 heavy (non-hydrogen) atoms. The third-order valence-corrected chi connectivity index (χ3v) is 3.05. The zero-order chi connectivity index (χ0) is 13.7. The molecule has 5 nitrogen and oxygen atoms in total. The number of para-hydroxylation sites is 2. The second-order valence-electron chi connectivity index (χ2n) is 4.74. The highest BCUT2D eigenvalue weighted by molar-refractivity contribution is 5.66. The Labute approximate surface area is 112 Å². The van der Waals surface area contributed by atoms with E-state index in [9.17, 15) is 4.79 Å². The molecule has 1 aliphatic rings. The normalized spacial score (nSPS) is 18.9. The van der Waals surface area contributed by atoms with E-state index in [-0.39, 0.29) is 18.6 Å². The number of benzene rings is 1. The molecule has 0 saturated carbocycles. The molecule has 1 aromatic carbocycles. The predicted molar refractivity (Wildman–Crippen MR) is 70.7 cm³/mol. The van der Waals surface area contributed by atoms with Crippen LogP contribution in [0.25, 0.3) is 0 Å². The lowest BCUT2D eigenvalue weighted by atomic mass is 10.2. The first-order valence-electron chi connectivity index (χ1n) is 6.49. The van der Waals surface area contributed by atoms with E-state index in [1.165, 1.54) is 0 Å². The molecule has 0 aliphatic carbocycles. The van der Waals surface area contributed by atoms with Crippen LogP contribution >= 0.6 is 0 Å². The summed E-state index contributed by atoms with van der Waals surface area (Å²) in [6, 6.07) is 7.74. The summed E-state index contributed by atoms with van der Waals surface area (Å²) in [4.78, 5) is 10.5. The second-order valence-corrected chi connectivity index (χ2v) is 4.74. The van der Waals surface area contributed by atoms with Gasteiger partial charge >= 0.3 is 5.97 Å². The number of hydrogen-bond donors (Lipinski definition) is 2. The van der Waals surface area contributed by atoms with Gasteiger partial charge in [0.2, 0.25) is 0 Å². The van der Waals surface area contributed by atoms with Crippen molar-refractivity contribution in [2.24, 2.45) is 0 Å². The molecule has 0 radical (unpaired) electrons. The van der Waals surface area contributed by atoms with Crippen molar-refractivity contribution in [1.82, 2.24) is 5.32 Å². The van der Waals surface area contributed by atoms with E-state index >= 15 is 0 Å². The Morgan fingerprint density at radius 1 is 1.47 bits per heavy atom. The van der Waals surface area contributed by atoms with Gasteiger partial charge in [0.25, 0.3) is 0 Å². The molecule has 1 heterocycles. The van der Waals surface area contributed by atoms with Crippen LogP contribution in [-0.2, 0) is 4.79 Å². The summed E-state index contributed by atoms with van der Waals surface area (Å²) in [5.41, 5.74) is 0. The Balaban J connectivity index is 1.75. The summed E-state index contributed by atoms with van der Waals surface area (Å²) >= 11 is 0. The molecule has 0 fully saturated rings. The molecule has 0 spiro atoms. The third-order valence-electron chi connectivity index (χ3n) is 3.05. The van der Waals surface area contributed by atoms with E-state index in [0.717, 1.165) is 11.5 Å². The summed E-state index contributed by atoms with van der Waals surface area (Å²) in [5, 5.41) is 11.9. The SMILES string of the molecule is CC(CCC(=O)O)NCC1COc2ccccc2O1. The van der Waals surface area contributed by atoms with Gasteiger partial charge in [-0.3, -0.25) is 4.79 Å². The summed E-state index contributed by atoms with van der Waals surface area (Å²) in [5.74, 6) is 0.774. The van der Waals surface area contributed by atoms with Gasteiger partial charge in [0.1, 0.15) is 12.7 Å². The Morgan fingerprint density at radius 2 is 2.21 bits per heavy atom. The highest BCUT2D eigenvalue weighted by Gasteiger charge is 2.20. The Hall–Kier alpha value is -1.75. The number of carboxylic acids is 1. The van der Waals surface area contributed by atoms with Crippen LogP contribution in [0.3, 0.4) is 0 Å². The van der Waals surface area contributed by atoms with Crippen molar-refractivity contribution in [3.63, 3.8) is 0 Å². The summed E-state index contributed by atoms with van der Waals surface area (Å²) < 4.78 is 11.4. The summed E-state index contributed by atoms with van der Waals surface area (Å²) in [6.07, 6.45) is 0.751. The number of carbonyl (C=O) groups is 1. The maximum atomic E-state index is 10.5. The van der Waals surface area contributed by atoms with Crippen molar-refractivity contribution in [2.75, 3.05) is 13.2 Å². The molecule has 2 unspecified atom stereocenters. The summed E-state index contributed by atoms with van der Waals surface area (Å²) in [7, 11) is 0. The molecule has 2 N–H and O–H groups in total. The van der Waals surface area contributed by atoms with Crippen LogP contribution in [0.15, 0.2) is 24.3 Å². The first kappa shape index (κ1) is 13.7. The van der Waals surface area contributed by atoms with Crippen LogP contribution in [0.2, 0.25) is 0 Å². The fourth-order valence-electron chi connectivity index (χ4n) is 1.94. The zero-order valence-electron chi connectivity index (χ0n) is 11.0. The second kappa shape index (κ2) is 6.43. The molecule has 104 valence electrons. The van der Waals surface area contributed by atoms with Gasteiger partial charge in [-0.05, 0) is 25.5 Å². The first-order chi connectivity index (χ1) is 9.15. The van der Waals surface area contributed by atoms with E-state index in [1.807, 2.05) is 31.2 Å². The molecule has 5 heteroatoms. The Kier molecular flexibility index (Phi) is 4.63. The lowest BCUT2D eigenvalue weighted by Crippen LogP contribution is -2.41. The highest BCUT2D eigenvalue weighted by atomic mass is 16.6. The number of rotatable bonds is 6. The van der Waals surface area contributed by atoms with Gasteiger partial charge in [-0.2, -0.15) is 0 Å². The third kappa shape index (κ3) is 4.13. The lowest BCUT2D eigenvalue weighted by Gasteiger charge is -2.27. The van der Waals surface area contributed by atoms with Gasteiger partial charge in [-0.15, -0.1) is 0 Å². The molecule has 2 rings (SSSR count). The topological polar surface area (TPSA) is 67.8 Å². The monoisotopic (exact) mass is 265 g/mol. The minimum absolute atomic E-state index is 0.0396. The van der Waals surface area contributed by atoms with Gasteiger partial charge in [0.05, 0.1) is 0 Å². The summed E-state index contributed by atoms with van der Waals surface area (Å²) in [6.45, 7) is 3.13. The van der Waals surface area contributed by atoms with Crippen molar-refractivity contribution in [3.8, 4) is 11.5 Å². The molecule has 0 bridgehead atoms. The number of fused-ring (bicyclic) bond motifs is 1. The van der Waals surface area contributed by atoms with E-state index < -0.39 is 5.97 Å². The van der Waals surface area contributed by atoms with Gasteiger partial charge in [0, 0.05) is 19.0 Å². The van der Waals surface area contributed by atoms with Gasteiger partial charge < -0.3 is 19.9 Å². The number of aliphatic carboxylic acids is 1. The zero-order valence-corrected chi connectivity index (χ0v) is 11.0. The minimum Gasteiger partial charge on any atom is -0.486 e. The predicted octanol–water partition coefficient (Wildman–Crippen LogP) is 1.67. The number of hydrogen-bond acceptors (Lipinski definition) is 4. The number of nitrogens with one attached hydrogen (secondary N) is 1. The fraction of sp³-hybridized carbons (Fsp3) is 0.500. The fourth-order valence-corrected chi connectivity index (χ4v) is 1.94. The molecule has 1 aliphatic heterocycles. The molecule has 0 amide bonds. The standard InChI is InChI=1S/C14H19NO4/c1-10(6-7-14(16)17)15-8-11-9-18-12-4-2-3-5-13(12)19-11/h2-5,10-11,15H,6-9H2,1H3,(H,16,17). The van der Waals surface area contributed by atoms with Crippen molar-refractivity contribution in [2.45, 2.75) is 31.9 Å². The smallest absolute Gasteiger partial charge is 0.303 e. The largest absolute Gasteiger partial charge is 0.486 e. The first-order valence-corrected chi connectivity index (χ1v) is 6.49. The van der Waals surface area contributed by atoms with Crippen LogP contribution in [0.5, 0.6) is 11.5 Å². The van der Waals surface area contributed by atoms with Gasteiger partial charge in [0.15, 0.2) is 11.5 Å². The van der Waals surface area contributed by atoms with Crippen LogP contribution in [0, 0.1) is 0 Å². The lowest BCUT2D eigenvalue weighted by molar-refractivity contribution is -0.137. The molecule has 2 atom stereocenters. The van der Waals surface area contributed by atoms with Crippen LogP contribution < -0.4 is 14.8 Å². The Bertz CT molecular complexity index is 435. The number of carboxylic acid groups (broad SMARTS) is 1. The van der Waals surface area contributed by atoms with Crippen LogP contribution in [0.1, 0.15) is 19.8 Å². The average molecular weight is 265 g/mol. The van der Waals surface area contributed by atoms with Crippen molar-refractivity contribution in [1.29, 1.82) is 0 Å². The van der Waals surface area contributed by atoms with E-state index in [1.54, 1.807) is 0 Å². The van der Waals surface area contributed by atoms with Crippen LogP contribution in [-0.4, -0.2) is 36.4 Å².